The van der Waals surface area contributed by atoms with Crippen LogP contribution in [0, 0.1) is 0 Å². The van der Waals surface area contributed by atoms with Crippen molar-refractivity contribution in [3.05, 3.63) is 35.7 Å². The van der Waals surface area contributed by atoms with E-state index in [0.717, 1.165) is 41.9 Å². The van der Waals surface area contributed by atoms with Crippen molar-refractivity contribution >= 4 is 40.1 Å². The molecule has 1 aromatic carbocycles. The van der Waals surface area contributed by atoms with Crippen molar-refractivity contribution in [3.8, 4) is 0 Å². The number of carbonyl (C=O) groups is 1. The summed E-state index contributed by atoms with van der Waals surface area (Å²) < 4.78 is 7.76. The summed E-state index contributed by atoms with van der Waals surface area (Å²) in [4.78, 5) is 17.5. The molecular weight excluding hydrogens is 396 g/mol. The van der Waals surface area contributed by atoms with Crippen molar-refractivity contribution in [2.45, 2.75) is 38.0 Å². The molecule has 10 nitrogen and oxygen atoms in total. The Bertz CT molecular complexity index is 1160. The average Bonchev–Trinajstić information content (AvgIpc) is 3.37. The van der Waals surface area contributed by atoms with Gasteiger partial charge in [0.05, 0.1) is 47.7 Å². The van der Waals surface area contributed by atoms with Gasteiger partial charge in [-0.15, -0.1) is 5.10 Å². The van der Waals surface area contributed by atoms with Crippen LogP contribution in [0.3, 0.4) is 0 Å². The van der Waals surface area contributed by atoms with Crippen molar-refractivity contribution in [2.24, 2.45) is 0 Å². The number of nitrogen functional groups attached to an aromatic ring is 1. The first-order valence-electron chi connectivity index (χ1n) is 10.4. The summed E-state index contributed by atoms with van der Waals surface area (Å²) in [5.41, 5.74) is 11.1. The van der Waals surface area contributed by atoms with E-state index in [0.29, 0.717) is 29.5 Å². The number of ether oxygens (including phenoxy) is 1. The SMILES string of the molecule is CNc1c(N)cc2cc1Nc1cc(NC)c3ncc(n3n1)C(=O)NC1CCCC1OC2. The molecule has 0 saturated heterocycles. The van der Waals surface area contributed by atoms with Gasteiger partial charge >= 0.3 is 0 Å². The average molecular weight is 422 g/mol. The fraction of sp³-hybridized carbons (Fsp3) is 0.381. The number of nitrogens with one attached hydrogen (secondary N) is 4. The van der Waals surface area contributed by atoms with Gasteiger partial charge in [0.15, 0.2) is 17.2 Å². The Hall–Kier alpha value is -3.53. The summed E-state index contributed by atoms with van der Waals surface area (Å²) in [7, 11) is 3.63. The molecule has 1 saturated carbocycles. The van der Waals surface area contributed by atoms with Crippen LogP contribution in [0.5, 0.6) is 0 Å². The number of nitrogens with zero attached hydrogens (tertiary/aromatic N) is 3. The second-order valence-electron chi connectivity index (χ2n) is 7.92. The molecule has 1 fully saturated rings. The van der Waals surface area contributed by atoms with Crippen LogP contribution in [0.15, 0.2) is 24.4 Å². The van der Waals surface area contributed by atoms with Crippen LogP contribution in [0.25, 0.3) is 5.65 Å². The van der Waals surface area contributed by atoms with Gasteiger partial charge in [-0.05, 0) is 37.0 Å². The highest BCUT2D eigenvalue weighted by atomic mass is 16.5. The van der Waals surface area contributed by atoms with Crippen LogP contribution in [0.2, 0.25) is 0 Å². The monoisotopic (exact) mass is 422 g/mol. The largest absolute Gasteiger partial charge is 0.397 e. The molecule has 31 heavy (non-hydrogen) atoms. The first kappa shape index (κ1) is 19.4. The number of carbonyl (C=O) groups excluding carboxylic acids is 1. The Morgan fingerprint density at radius 1 is 1.23 bits per heavy atom. The third-order valence-electron chi connectivity index (χ3n) is 5.94. The Kier molecular flexibility index (Phi) is 4.78. The Morgan fingerprint density at radius 2 is 2.10 bits per heavy atom. The van der Waals surface area contributed by atoms with Crippen molar-refractivity contribution < 1.29 is 9.53 Å². The molecule has 0 radical (unpaired) electrons. The maximum Gasteiger partial charge on any atom is 0.271 e. The zero-order valence-electron chi connectivity index (χ0n) is 17.5. The Morgan fingerprint density at radius 3 is 2.90 bits per heavy atom. The molecule has 2 aromatic heterocycles. The third-order valence-corrected chi connectivity index (χ3v) is 5.94. The van der Waals surface area contributed by atoms with E-state index in [1.54, 1.807) is 10.7 Å². The predicted octanol–water partition coefficient (Wildman–Crippen LogP) is 2.32. The number of fused-ring (bicyclic) bond motifs is 4. The van der Waals surface area contributed by atoms with Gasteiger partial charge in [-0.3, -0.25) is 4.79 Å². The van der Waals surface area contributed by atoms with Gasteiger partial charge in [-0.25, -0.2) is 9.50 Å². The number of benzene rings is 1. The van der Waals surface area contributed by atoms with E-state index < -0.39 is 0 Å². The molecule has 10 heteroatoms. The van der Waals surface area contributed by atoms with Gasteiger partial charge in [0.25, 0.3) is 5.91 Å². The zero-order valence-corrected chi connectivity index (χ0v) is 17.5. The van der Waals surface area contributed by atoms with Crippen LogP contribution in [0.1, 0.15) is 35.3 Å². The number of hydrogen-bond acceptors (Lipinski definition) is 8. The number of nitrogens with two attached hydrogens (primary N) is 1. The molecule has 1 aliphatic heterocycles. The fourth-order valence-corrected chi connectivity index (χ4v) is 4.43. The minimum Gasteiger partial charge on any atom is -0.397 e. The maximum atomic E-state index is 13.1. The van der Waals surface area contributed by atoms with Gasteiger partial charge < -0.3 is 31.7 Å². The fourth-order valence-electron chi connectivity index (χ4n) is 4.43. The third kappa shape index (κ3) is 3.38. The van der Waals surface area contributed by atoms with E-state index in [1.807, 2.05) is 32.3 Å². The highest BCUT2D eigenvalue weighted by Gasteiger charge is 2.31. The first-order chi connectivity index (χ1) is 15.1. The number of hydrogen-bond donors (Lipinski definition) is 5. The topological polar surface area (TPSA) is 131 Å². The van der Waals surface area contributed by atoms with Gasteiger partial charge in [-0.2, -0.15) is 0 Å². The lowest BCUT2D eigenvalue weighted by Gasteiger charge is -2.23. The molecule has 6 N–H and O–H groups in total. The summed E-state index contributed by atoms with van der Waals surface area (Å²) in [5, 5.41) is 17.4. The Labute approximate surface area is 179 Å². The van der Waals surface area contributed by atoms with Gasteiger partial charge in [-0.1, -0.05) is 0 Å². The lowest BCUT2D eigenvalue weighted by atomic mass is 10.1. The summed E-state index contributed by atoms with van der Waals surface area (Å²) >= 11 is 0. The number of imidazole rings is 1. The first-order valence-corrected chi connectivity index (χ1v) is 10.4. The van der Waals surface area contributed by atoms with Crippen LogP contribution < -0.4 is 27.0 Å². The molecule has 4 bridgehead atoms. The highest BCUT2D eigenvalue weighted by molar-refractivity contribution is 5.94. The van der Waals surface area contributed by atoms with Gasteiger partial charge in [0, 0.05) is 20.2 Å². The number of anilines is 5. The number of aromatic nitrogens is 3. The van der Waals surface area contributed by atoms with Crippen LogP contribution in [-0.2, 0) is 11.3 Å². The molecule has 2 aliphatic rings. The molecule has 3 aromatic rings. The molecule has 162 valence electrons. The minimum atomic E-state index is -0.213. The number of rotatable bonds is 2. The maximum absolute atomic E-state index is 13.1. The second-order valence-corrected chi connectivity index (χ2v) is 7.92. The molecule has 2 unspecified atom stereocenters. The van der Waals surface area contributed by atoms with Crippen molar-refractivity contribution in [1.29, 1.82) is 0 Å². The quantitative estimate of drug-likeness (QED) is 0.398. The van der Waals surface area contributed by atoms with E-state index in [9.17, 15) is 4.79 Å². The summed E-state index contributed by atoms with van der Waals surface area (Å²) in [5.74, 6) is 0.337. The zero-order chi connectivity index (χ0) is 21.5. The Balaban J connectivity index is 1.69. The summed E-state index contributed by atoms with van der Waals surface area (Å²) in [6.45, 7) is 0.409. The minimum absolute atomic E-state index is 0.0518. The molecule has 1 amide bonds. The number of amides is 1. The lowest BCUT2D eigenvalue weighted by molar-refractivity contribution is 0.0271. The van der Waals surface area contributed by atoms with Crippen LogP contribution >= 0.6 is 0 Å². The lowest BCUT2D eigenvalue weighted by Crippen LogP contribution is -2.41. The van der Waals surface area contributed by atoms with Crippen molar-refractivity contribution in [3.63, 3.8) is 0 Å². The van der Waals surface area contributed by atoms with E-state index >= 15 is 0 Å². The van der Waals surface area contributed by atoms with E-state index in [2.05, 4.69) is 31.3 Å². The molecule has 5 rings (SSSR count). The van der Waals surface area contributed by atoms with Gasteiger partial charge in [0.2, 0.25) is 0 Å². The summed E-state index contributed by atoms with van der Waals surface area (Å²) in [6, 6.07) is 5.71. The molecule has 1 aliphatic carbocycles. The van der Waals surface area contributed by atoms with E-state index in [1.165, 1.54) is 0 Å². The van der Waals surface area contributed by atoms with Crippen LogP contribution in [0.4, 0.5) is 28.6 Å². The standard InChI is InChI=1S/C21H26N8O2/c1-23-15-8-18-26-14-7-11(6-12(22)19(14)24-2)10-31-17-5-3-4-13(17)27-21(30)16-9-25-20(15)29(16)28-18/h6-9,13,17,23-24H,3-5,10,22H2,1-2H3,(H,26,28)(H,27,30). The molecule has 0 spiro atoms. The van der Waals surface area contributed by atoms with Crippen molar-refractivity contribution in [2.75, 3.05) is 35.8 Å². The van der Waals surface area contributed by atoms with E-state index in [4.69, 9.17) is 10.5 Å². The summed E-state index contributed by atoms with van der Waals surface area (Å²) in [6.07, 6.45) is 4.28. The molecule has 2 atom stereocenters. The van der Waals surface area contributed by atoms with Crippen LogP contribution in [-0.4, -0.2) is 46.7 Å². The molecule has 3 heterocycles. The second kappa shape index (κ2) is 7.62. The van der Waals surface area contributed by atoms with E-state index in [-0.39, 0.29) is 18.1 Å². The molecular formula is C21H26N8O2. The van der Waals surface area contributed by atoms with Crippen molar-refractivity contribution in [1.82, 2.24) is 19.9 Å². The highest BCUT2D eigenvalue weighted by Crippen LogP contribution is 2.34. The van der Waals surface area contributed by atoms with Gasteiger partial charge in [0.1, 0.15) is 0 Å². The smallest absolute Gasteiger partial charge is 0.271 e. The normalized spacial score (nSPS) is 20.6. The predicted molar refractivity (Wildman–Crippen MR) is 120 cm³/mol.